The molecule has 1 N–H and O–H groups in total. The molecule has 0 bridgehead atoms. The van der Waals surface area contributed by atoms with Crippen molar-refractivity contribution in [3.8, 4) is 5.75 Å². The molecular weight excluding hydrogens is 488 g/mol. The number of amides is 2. The summed E-state index contributed by atoms with van der Waals surface area (Å²) in [6.07, 6.45) is -0.977. The SMILES string of the molecule is O=C1c2ccccc2OC1c1csc(N(CCCN2CCN(C(=O)O)CC2)C(=O)c2cccs2)n1. The van der Waals surface area contributed by atoms with Gasteiger partial charge in [-0.05, 0) is 36.5 Å². The summed E-state index contributed by atoms with van der Waals surface area (Å²) in [5.41, 5.74) is 1.04. The maximum atomic E-state index is 13.3. The van der Waals surface area contributed by atoms with Gasteiger partial charge in [-0.3, -0.25) is 19.4 Å². The lowest BCUT2D eigenvalue weighted by atomic mass is 10.1. The molecule has 4 heterocycles. The number of anilines is 1. The van der Waals surface area contributed by atoms with Gasteiger partial charge in [0.15, 0.2) is 5.13 Å². The summed E-state index contributed by atoms with van der Waals surface area (Å²) in [5.74, 6) is 0.291. The van der Waals surface area contributed by atoms with Crippen LogP contribution >= 0.6 is 22.7 Å². The van der Waals surface area contributed by atoms with E-state index in [1.165, 1.54) is 27.6 Å². The number of para-hydroxylation sites is 1. The van der Waals surface area contributed by atoms with E-state index in [-0.39, 0.29) is 11.7 Å². The first-order valence-electron chi connectivity index (χ1n) is 11.3. The van der Waals surface area contributed by atoms with Crippen molar-refractivity contribution in [3.63, 3.8) is 0 Å². The Kier molecular flexibility index (Phi) is 6.80. The van der Waals surface area contributed by atoms with Crippen molar-refractivity contribution in [3.05, 3.63) is 63.3 Å². The highest BCUT2D eigenvalue weighted by Gasteiger charge is 2.36. The van der Waals surface area contributed by atoms with Crippen LogP contribution in [0.1, 0.15) is 38.2 Å². The Morgan fingerprint density at radius 2 is 1.91 bits per heavy atom. The lowest BCUT2D eigenvalue weighted by molar-refractivity contribution is 0.0853. The second-order valence-corrected chi connectivity index (χ2v) is 10.1. The fourth-order valence-electron chi connectivity index (χ4n) is 4.24. The fourth-order valence-corrected chi connectivity index (χ4v) is 5.78. The van der Waals surface area contributed by atoms with Gasteiger partial charge in [-0.15, -0.1) is 22.7 Å². The van der Waals surface area contributed by atoms with E-state index in [0.717, 1.165) is 6.54 Å². The first-order chi connectivity index (χ1) is 17.0. The first kappa shape index (κ1) is 23.5. The molecule has 1 unspecified atom stereocenters. The molecule has 5 rings (SSSR count). The number of aromatic nitrogens is 1. The molecule has 2 amide bonds. The molecular formula is C24H24N4O5S2. The molecule has 35 heavy (non-hydrogen) atoms. The summed E-state index contributed by atoms with van der Waals surface area (Å²) in [5, 5.41) is 13.3. The number of piperazine rings is 1. The lowest BCUT2D eigenvalue weighted by Crippen LogP contribution is -2.48. The van der Waals surface area contributed by atoms with Gasteiger partial charge in [0.25, 0.3) is 5.91 Å². The number of benzene rings is 1. The van der Waals surface area contributed by atoms with Crippen LogP contribution in [0.4, 0.5) is 9.93 Å². The van der Waals surface area contributed by atoms with E-state index in [1.54, 1.807) is 34.5 Å². The smallest absolute Gasteiger partial charge is 0.407 e. The van der Waals surface area contributed by atoms with E-state index in [2.05, 4.69) is 9.88 Å². The molecule has 3 aromatic rings. The molecule has 2 aliphatic rings. The number of carbonyl (C=O) groups is 3. The van der Waals surface area contributed by atoms with E-state index in [1.807, 2.05) is 17.5 Å². The molecule has 11 heteroatoms. The Morgan fingerprint density at radius 1 is 1.11 bits per heavy atom. The van der Waals surface area contributed by atoms with Crippen LogP contribution in [-0.2, 0) is 0 Å². The fraction of sp³-hybridized carbons (Fsp3) is 0.333. The number of ketones is 1. The minimum Gasteiger partial charge on any atom is -0.475 e. The normalized spacial score (nSPS) is 17.8. The average Bonchev–Trinajstić information content (AvgIpc) is 3.63. The van der Waals surface area contributed by atoms with Crippen molar-refractivity contribution >= 4 is 45.6 Å². The summed E-state index contributed by atoms with van der Waals surface area (Å²) in [6, 6.07) is 10.8. The van der Waals surface area contributed by atoms with Crippen molar-refractivity contribution in [1.82, 2.24) is 14.8 Å². The number of thiazole rings is 1. The summed E-state index contributed by atoms with van der Waals surface area (Å²) >= 11 is 2.70. The number of hydrogen-bond donors (Lipinski definition) is 1. The summed E-state index contributed by atoms with van der Waals surface area (Å²) in [6.45, 7) is 3.53. The highest BCUT2D eigenvalue weighted by molar-refractivity contribution is 7.14. The highest BCUT2D eigenvalue weighted by Crippen LogP contribution is 2.38. The van der Waals surface area contributed by atoms with Gasteiger partial charge in [0, 0.05) is 38.1 Å². The Bertz CT molecular complexity index is 1220. The Balaban J connectivity index is 1.28. The number of Topliss-reactive ketones (excluding diaryl/α,β-unsaturated/α-hetero) is 1. The molecule has 1 fully saturated rings. The maximum Gasteiger partial charge on any atom is 0.407 e. The zero-order chi connectivity index (χ0) is 24.4. The Morgan fingerprint density at radius 3 is 2.63 bits per heavy atom. The van der Waals surface area contributed by atoms with Gasteiger partial charge < -0.3 is 14.7 Å². The number of carboxylic acid groups (broad SMARTS) is 1. The quantitative estimate of drug-likeness (QED) is 0.513. The van der Waals surface area contributed by atoms with Crippen LogP contribution in [0.5, 0.6) is 5.75 Å². The van der Waals surface area contributed by atoms with Crippen LogP contribution in [0.15, 0.2) is 47.2 Å². The van der Waals surface area contributed by atoms with E-state index >= 15 is 0 Å². The molecule has 1 saturated heterocycles. The molecule has 182 valence electrons. The van der Waals surface area contributed by atoms with Gasteiger partial charge in [0.2, 0.25) is 11.9 Å². The van der Waals surface area contributed by atoms with Gasteiger partial charge in [0.1, 0.15) is 11.4 Å². The second-order valence-electron chi connectivity index (χ2n) is 8.31. The predicted octanol–water partition coefficient (Wildman–Crippen LogP) is 3.85. The number of thiophene rings is 1. The largest absolute Gasteiger partial charge is 0.475 e. The third-order valence-electron chi connectivity index (χ3n) is 6.12. The number of rotatable bonds is 7. The van der Waals surface area contributed by atoms with Gasteiger partial charge in [-0.1, -0.05) is 18.2 Å². The van der Waals surface area contributed by atoms with Crippen LogP contribution in [0.2, 0.25) is 0 Å². The standard InChI is InChI=1S/C24H24N4O5S2/c29-20-16-5-1-2-6-18(16)33-21(20)17-15-35-23(25-17)28(22(30)19-7-3-14-34-19)9-4-8-26-10-12-27(13-11-26)24(31)32/h1-3,5-7,14-15,21H,4,8-13H2,(H,31,32). The van der Waals surface area contributed by atoms with Crippen LogP contribution in [0.25, 0.3) is 0 Å². The van der Waals surface area contributed by atoms with Crippen LogP contribution in [0.3, 0.4) is 0 Å². The summed E-state index contributed by atoms with van der Waals surface area (Å²) in [7, 11) is 0. The molecule has 2 aromatic heterocycles. The van der Waals surface area contributed by atoms with Crippen molar-refractivity contribution in [2.24, 2.45) is 0 Å². The van der Waals surface area contributed by atoms with E-state index in [4.69, 9.17) is 9.84 Å². The van der Waals surface area contributed by atoms with Crippen LogP contribution in [-0.4, -0.2) is 76.9 Å². The second kappa shape index (κ2) is 10.1. The zero-order valence-corrected chi connectivity index (χ0v) is 20.5. The van der Waals surface area contributed by atoms with Crippen molar-refractivity contribution in [2.45, 2.75) is 12.5 Å². The Hall–Kier alpha value is -3.28. The topological polar surface area (TPSA) is 103 Å². The van der Waals surface area contributed by atoms with Gasteiger partial charge >= 0.3 is 6.09 Å². The molecule has 0 spiro atoms. The van der Waals surface area contributed by atoms with Gasteiger partial charge in [-0.2, -0.15) is 0 Å². The highest BCUT2D eigenvalue weighted by atomic mass is 32.1. The van der Waals surface area contributed by atoms with E-state index < -0.39 is 12.2 Å². The van der Waals surface area contributed by atoms with Crippen molar-refractivity contribution in [1.29, 1.82) is 0 Å². The molecule has 1 atom stereocenters. The molecule has 0 aliphatic carbocycles. The number of hydrogen-bond acceptors (Lipinski definition) is 8. The minimum absolute atomic E-state index is 0.126. The number of nitrogens with zero attached hydrogens (tertiary/aromatic N) is 4. The summed E-state index contributed by atoms with van der Waals surface area (Å²) < 4.78 is 5.86. The number of carbonyl (C=O) groups excluding carboxylic acids is 2. The number of ether oxygens (including phenoxy) is 1. The average molecular weight is 513 g/mol. The summed E-state index contributed by atoms with van der Waals surface area (Å²) in [4.78, 5) is 47.8. The van der Waals surface area contributed by atoms with E-state index in [0.29, 0.717) is 66.2 Å². The van der Waals surface area contributed by atoms with Crippen LogP contribution < -0.4 is 9.64 Å². The van der Waals surface area contributed by atoms with Gasteiger partial charge in [0.05, 0.1) is 10.4 Å². The minimum atomic E-state index is -0.884. The van der Waals surface area contributed by atoms with Crippen molar-refractivity contribution < 1.29 is 24.2 Å². The third kappa shape index (κ3) is 4.93. The predicted molar refractivity (Wildman–Crippen MR) is 133 cm³/mol. The lowest BCUT2D eigenvalue weighted by Gasteiger charge is -2.33. The monoisotopic (exact) mass is 512 g/mol. The maximum absolute atomic E-state index is 13.3. The molecule has 0 saturated carbocycles. The molecule has 1 aromatic carbocycles. The first-order valence-corrected chi connectivity index (χ1v) is 13.1. The van der Waals surface area contributed by atoms with E-state index in [9.17, 15) is 14.4 Å². The molecule has 0 radical (unpaired) electrons. The van der Waals surface area contributed by atoms with Gasteiger partial charge in [-0.25, -0.2) is 9.78 Å². The Labute approximate surface area is 210 Å². The number of fused-ring (bicyclic) bond motifs is 1. The van der Waals surface area contributed by atoms with Crippen molar-refractivity contribution in [2.75, 3.05) is 44.2 Å². The third-order valence-corrected chi connectivity index (χ3v) is 7.86. The zero-order valence-electron chi connectivity index (χ0n) is 18.8. The molecule has 9 nitrogen and oxygen atoms in total. The van der Waals surface area contributed by atoms with Crippen LogP contribution in [0, 0.1) is 0 Å². The molecule has 2 aliphatic heterocycles.